The number of phenolic OH excluding ortho intramolecular Hbond substituents is 1. The first kappa shape index (κ1) is 20.1. The maximum atomic E-state index is 14.3. The number of rotatable bonds is 0. The van der Waals surface area contributed by atoms with Crippen molar-refractivity contribution in [3.63, 3.8) is 0 Å². The summed E-state index contributed by atoms with van der Waals surface area (Å²) in [5.41, 5.74) is 0.134. The van der Waals surface area contributed by atoms with Gasteiger partial charge in [-0.2, -0.15) is 0 Å². The number of benzene rings is 3. The standard InChI is InChI=1S/C20H12ClF2NO5S/c21-13-5-11-6-18(19(13)25)30(27)24-16-8-17(15(23)7-14(16)22)29-12-3-1-2-10(4-12)9-28-20(11)26/h1-8,24-25H,9H2. The molecule has 10 heteroatoms. The summed E-state index contributed by atoms with van der Waals surface area (Å²) in [7, 11) is -2.26. The molecule has 1 aliphatic rings. The molecule has 1 heterocycles. The van der Waals surface area contributed by atoms with Gasteiger partial charge in [0, 0.05) is 12.1 Å². The number of hydrogen-bond acceptors (Lipinski definition) is 5. The molecule has 3 aromatic carbocycles. The molecule has 3 aromatic rings. The van der Waals surface area contributed by atoms with Crippen LogP contribution in [0.15, 0.2) is 53.4 Å². The van der Waals surface area contributed by atoms with Crippen molar-refractivity contribution in [2.75, 3.05) is 4.72 Å². The summed E-state index contributed by atoms with van der Waals surface area (Å²) >= 11 is 5.95. The van der Waals surface area contributed by atoms with E-state index in [-0.39, 0.29) is 39.3 Å². The molecule has 154 valence electrons. The third-order valence-electron chi connectivity index (χ3n) is 4.18. The molecule has 1 aliphatic heterocycles. The number of cyclic esters (lactones) is 1. The number of fused-ring (bicyclic) bond motifs is 6. The van der Waals surface area contributed by atoms with E-state index >= 15 is 0 Å². The maximum Gasteiger partial charge on any atom is 0.338 e. The van der Waals surface area contributed by atoms with Gasteiger partial charge in [-0.15, -0.1) is 0 Å². The Morgan fingerprint density at radius 1 is 1.10 bits per heavy atom. The quantitative estimate of drug-likeness (QED) is 0.474. The number of phenols is 1. The highest BCUT2D eigenvalue weighted by molar-refractivity contribution is 7.86. The Bertz CT molecular complexity index is 1200. The highest BCUT2D eigenvalue weighted by atomic mass is 35.5. The third kappa shape index (κ3) is 3.94. The highest BCUT2D eigenvalue weighted by Gasteiger charge is 2.21. The second-order valence-corrected chi connectivity index (χ2v) is 7.85. The molecule has 0 saturated heterocycles. The first-order valence-electron chi connectivity index (χ1n) is 8.45. The zero-order valence-corrected chi connectivity index (χ0v) is 16.5. The van der Waals surface area contributed by atoms with E-state index in [4.69, 9.17) is 21.1 Å². The Morgan fingerprint density at radius 3 is 2.70 bits per heavy atom. The predicted octanol–water partition coefficient (Wildman–Crippen LogP) is 4.92. The van der Waals surface area contributed by atoms with E-state index in [1.165, 1.54) is 6.07 Å². The SMILES string of the molecule is O=C1OCc2cccc(c2)Oc2cc(c(F)cc2F)NS(=O)c2cc1cc(Cl)c2O. The van der Waals surface area contributed by atoms with Crippen LogP contribution in [0.3, 0.4) is 0 Å². The van der Waals surface area contributed by atoms with Gasteiger partial charge in [-0.3, -0.25) is 4.72 Å². The second-order valence-electron chi connectivity index (χ2n) is 6.26. The van der Waals surface area contributed by atoms with Crippen LogP contribution < -0.4 is 9.46 Å². The van der Waals surface area contributed by atoms with Crippen molar-refractivity contribution in [2.24, 2.45) is 0 Å². The monoisotopic (exact) mass is 451 g/mol. The van der Waals surface area contributed by atoms with Crippen LogP contribution in [0.1, 0.15) is 15.9 Å². The zero-order valence-electron chi connectivity index (χ0n) is 14.9. The Hall–Kier alpha value is -3.17. The van der Waals surface area contributed by atoms with E-state index in [0.29, 0.717) is 11.6 Å². The Kier molecular flexibility index (Phi) is 5.31. The smallest absolute Gasteiger partial charge is 0.338 e. The van der Waals surface area contributed by atoms with E-state index < -0.39 is 34.3 Å². The summed E-state index contributed by atoms with van der Waals surface area (Å²) in [5, 5.41) is 9.91. The van der Waals surface area contributed by atoms with Gasteiger partial charge in [-0.1, -0.05) is 23.7 Å². The van der Waals surface area contributed by atoms with E-state index in [2.05, 4.69) is 4.72 Å². The number of aromatic hydroxyl groups is 1. The van der Waals surface area contributed by atoms with Crippen LogP contribution in [0.5, 0.6) is 17.2 Å². The number of anilines is 1. The molecule has 6 bridgehead atoms. The number of halogens is 3. The molecule has 0 radical (unpaired) electrons. The van der Waals surface area contributed by atoms with Crippen molar-refractivity contribution in [1.29, 1.82) is 0 Å². The Balaban J connectivity index is 1.87. The normalized spacial score (nSPS) is 15.8. The van der Waals surface area contributed by atoms with Crippen LogP contribution >= 0.6 is 11.6 Å². The molecular weight excluding hydrogens is 440 g/mol. The molecule has 1 atom stereocenters. The Labute approximate surface area is 176 Å². The van der Waals surface area contributed by atoms with Crippen molar-refractivity contribution in [2.45, 2.75) is 11.5 Å². The molecule has 0 spiro atoms. The fraction of sp³-hybridized carbons (Fsp3) is 0.0500. The van der Waals surface area contributed by atoms with Crippen molar-refractivity contribution in [3.05, 3.63) is 76.3 Å². The van der Waals surface area contributed by atoms with Gasteiger partial charge in [0.1, 0.15) is 23.1 Å². The molecular formula is C20H12ClF2NO5S. The lowest BCUT2D eigenvalue weighted by Crippen LogP contribution is -2.10. The minimum absolute atomic E-state index is 0.0644. The lowest BCUT2D eigenvalue weighted by atomic mass is 10.2. The van der Waals surface area contributed by atoms with Crippen LogP contribution in [0.2, 0.25) is 5.02 Å². The number of carbonyl (C=O) groups is 1. The lowest BCUT2D eigenvalue weighted by Gasteiger charge is -2.13. The number of hydrogen-bond donors (Lipinski definition) is 2. The van der Waals surface area contributed by atoms with E-state index in [1.54, 1.807) is 18.2 Å². The third-order valence-corrected chi connectivity index (χ3v) is 5.59. The van der Waals surface area contributed by atoms with Crippen LogP contribution in [-0.2, 0) is 22.3 Å². The van der Waals surface area contributed by atoms with Crippen molar-refractivity contribution in [3.8, 4) is 17.2 Å². The molecule has 0 aliphatic carbocycles. The van der Waals surface area contributed by atoms with Gasteiger partial charge in [-0.25, -0.2) is 17.8 Å². The average Bonchev–Trinajstić information content (AvgIpc) is 2.71. The first-order valence-corrected chi connectivity index (χ1v) is 9.98. The fourth-order valence-corrected chi connectivity index (χ4v) is 3.99. The van der Waals surface area contributed by atoms with Gasteiger partial charge in [0.05, 0.1) is 16.3 Å². The summed E-state index contributed by atoms with van der Waals surface area (Å²) in [6.45, 7) is -0.137. The summed E-state index contributed by atoms with van der Waals surface area (Å²) in [6, 6.07) is 10.2. The van der Waals surface area contributed by atoms with Crippen molar-refractivity contribution in [1.82, 2.24) is 0 Å². The molecule has 4 rings (SSSR count). The van der Waals surface area contributed by atoms with Crippen LogP contribution in [0, 0.1) is 11.6 Å². The zero-order chi connectivity index (χ0) is 21.4. The molecule has 0 fully saturated rings. The minimum Gasteiger partial charge on any atom is -0.505 e. The van der Waals surface area contributed by atoms with Gasteiger partial charge in [0.15, 0.2) is 28.3 Å². The second kappa shape index (κ2) is 7.92. The van der Waals surface area contributed by atoms with Crippen molar-refractivity contribution >= 4 is 34.2 Å². The first-order chi connectivity index (χ1) is 14.3. The number of esters is 1. The Morgan fingerprint density at radius 2 is 1.90 bits per heavy atom. The average molecular weight is 452 g/mol. The number of carbonyl (C=O) groups excluding carboxylic acids is 1. The van der Waals surface area contributed by atoms with E-state index in [0.717, 1.165) is 18.2 Å². The summed E-state index contributed by atoms with van der Waals surface area (Å²) in [4.78, 5) is 12.1. The molecule has 0 amide bonds. The van der Waals surface area contributed by atoms with Gasteiger partial charge >= 0.3 is 5.97 Å². The van der Waals surface area contributed by atoms with Gasteiger partial charge in [-0.05, 0) is 29.8 Å². The fourth-order valence-electron chi connectivity index (χ4n) is 2.73. The molecule has 30 heavy (non-hydrogen) atoms. The summed E-state index contributed by atoms with van der Waals surface area (Å²) in [5.74, 6) is -3.46. The van der Waals surface area contributed by atoms with E-state index in [1.807, 2.05) is 0 Å². The predicted molar refractivity (Wildman–Crippen MR) is 105 cm³/mol. The highest BCUT2D eigenvalue weighted by Crippen LogP contribution is 2.35. The number of nitrogens with one attached hydrogen (secondary N) is 1. The molecule has 0 aromatic heterocycles. The van der Waals surface area contributed by atoms with Gasteiger partial charge < -0.3 is 14.6 Å². The summed E-state index contributed by atoms with van der Waals surface area (Å²) in [6.07, 6.45) is 0. The summed E-state index contributed by atoms with van der Waals surface area (Å²) < 4.78 is 54.2. The number of ether oxygens (including phenoxy) is 2. The molecule has 2 N–H and O–H groups in total. The topological polar surface area (TPSA) is 84.9 Å². The van der Waals surface area contributed by atoms with E-state index in [9.17, 15) is 22.9 Å². The largest absolute Gasteiger partial charge is 0.505 e. The van der Waals surface area contributed by atoms with Crippen molar-refractivity contribution < 1.29 is 32.4 Å². The minimum atomic E-state index is -2.26. The van der Waals surface area contributed by atoms with Crippen LogP contribution in [-0.4, -0.2) is 15.3 Å². The van der Waals surface area contributed by atoms with Crippen LogP contribution in [0.25, 0.3) is 0 Å². The maximum absolute atomic E-state index is 14.3. The lowest BCUT2D eigenvalue weighted by molar-refractivity contribution is 0.0472. The van der Waals surface area contributed by atoms with Gasteiger partial charge in [0.2, 0.25) is 0 Å². The molecule has 6 nitrogen and oxygen atoms in total. The van der Waals surface area contributed by atoms with Gasteiger partial charge in [0.25, 0.3) is 0 Å². The molecule has 0 saturated carbocycles. The van der Waals surface area contributed by atoms with Crippen LogP contribution in [0.4, 0.5) is 14.5 Å². The molecule has 1 unspecified atom stereocenters.